The molecule has 4 rings (SSSR count). The largest absolute Gasteiger partial charge is 0.489 e. The van der Waals surface area contributed by atoms with Gasteiger partial charge in [0.1, 0.15) is 23.9 Å². The summed E-state index contributed by atoms with van der Waals surface area (Å²) < 4.78 is 17.7. The van der Waals surface area contributed by atoms with E-state index >= 15 is 0 Å². The van der Waals surface area contributed by atoms with Crippen molar-refractivity contribution in [2.45, 2.75) is 19.6 Å². The zero-order chi connectivity index (χ0) is 26.7. The number of amides is 1. The highest BCUT2D eigenvalue weighted by atomic mass is 127. The number of carbonyl (C=O) groups is 2. The highest BCUT2D eigenvalue weighted by Crippen LogP contribution is 2.20. The van der Waals surface area contributed by atoms with Crippen molar-refractivity contribution in [1.29, 1.82) is 0 Å². The third-order valence-corrected chi connectivity index (χ3v) is 6.27. The van der Waals surface area contributed by atoms with Gasteiger partial charge in [-0.2, -0.15) is 5.10 Å². The number of hydrogen-bond acceptors (Lipinski definition) is 6. The fraction of sp³-hybridized carbons (Fsp3) is 0.100. The molecule has 0 aliphatic rings. The molecule has 0 aromatic heterocycles. The molecule has 1 atom stereocenters. The normalized spacial score (nSPS) is 11.5. The minimum atomic E-state index is -0.759. The Morgan fingerprint density at radius 3 is 2.18 bits per heavy atom. The maximum Gasteiger partial charge on any atom is 0.344 e. The van der Waals surface area contributed by atoms with Crippen molar-refractivity contribution in [1.82, 2.24) is 5.43 Å². The number of carbonyl (C=O) groups excluding carboxylic acids is 2. The smallest absolute Gasteiger partial charge is 0.344 e. The van der Waals surface area contributed by atoms with Gasteiger partial charge in [0, 0.05) is 3.57 Å². The number of rotatable bonds is 10. The van der Waals surface area contributed by atoms with Gasteiger partial charge in [-0.3, -0.25) is 4.79 Å². The van der Waals surface area contributed by atoms with Crippen molar-refractivity contribution in [3.63, 3.8) is 0 Å². The lowest BCUT2D eigenvalue weighted by Gasteiger charge is -2.13. The summed E-state index contributed by atoms with van der Waals surface area (Å²) in [5, 5.41) is 3.99. The quantitative estimate of drug-likeness (QED) is 0.0773. The van der Waals surface area contributed by atoms with Gasteiger partial charge >= 0.3 is 5.97 Å². The Morgan fingerprint density at radius 1 is 0.842 bits per heavy atom. The molecule has 0 saturated carbocycles. The molecule has 0 aliphatic carbocycles. The molecule has 0 bridgehead atoms. The molecule has 0 fully saturated rings. The van der Waals surface area contributed by atoms with Crippen molar-refractivity contribution in [3.05, 3.63) is 123 Å². The van der Waals surface area contributed by atoms with Crippen molar-refractivity contribution in [2.75, 3.05) is 0 Å². The number of ether oxygens (including phenoxy) is 3. The van der Waals surface area contributed by atoms with Gasteiger partial charge in [0.05, 0.1) is 11.8 Å². The maximum absolute atomic E-state index is 12.4. The number of benzene rings is 4. The second kappa shape index (κ2) is 13.4. The molecule has 1 N–H and O–H groups in total. The third kappa shape index (κ3) is 7.91. The maximum atomic E-state index is 12.4. The molecule has 1 unspecified atom stereocenters. The fourth-order valence-corrected chi connectivity index (χ4v) is 3.89. The van der Waals surface area contributed by atoms with Gasteiger partial charge in [-0.15, -0.1) is 0 Å². The number of hydrazone groups is 1. The Labute approximate surface area is 234 Å². The summed E-state index contributed by atoms with van der Waals surface area (Å²) in [5.41, 5.74) is 4.78. The zero-order valence-electron chi connectivity index (χ0n) is 20.5. The number of nitrogens with zero attached hydrogens (tertiary/aromatic N) is 1. The molecular weight excluding hydrogens is 595 g/mol. The molecule has 0 heterocycles. The van der Waals surface area contributed by atoms with Crippen molar-refractivity contribution >= 4 is 40.7 Å². The molecular formula is C30H25IN2O5. The minimum absolute atomic E-state index is 0.395. The molecule has 4 aromatic carbocycles. The first kappa shape index (κ1) is 26.9. The predicted octanol–water partition coefficient (Wildman–Crippen LogP) is 6.01. The molecule has 7 nitrogen and oxygen atoms in total. The van der Waals surface area contributed by atoms with E-state index in [9.17, 15) is 9.59 Å². The van der Waals surface area contributed by atoms with E-state index in [1.54, 1.807) is 67.6 Å². The lowest BCUT2D eigenvalue weighted by atomic mass is 10.2. The van der Waals surface area contributed by atoms with Crippen LogP contribution in [0.15, 0.2) is 108 Å². The van der Waals surface area contributed by atoms with Gasteiger partial charge in [-0.1, -0.05) is 42.5 Å². The SMILES string of the molecule is CC(Oc1ccc(OCc2ccccc2)cc1)C(=O)NN=Cc1ccc(OC(=O)c2ccccc2I)cc1. The van der Waals surface area contributed by atoms with Gasteiger partial charge < -0.3 is 14.2 Å². The van der Waals surface area contributed by atoms with E-state index < -0.39 is 18.0 Å². The summed E-state index contributed by atoms with van der Waals surface area (Å²) in [6.07, 6.45) is 0.737. The predicted molar refractivity (Wildman–Crippen MR) is 154 cm³/mol. The number of nitrogens with one attached hydrogen (secondary N) is 1. The Kier molecular flexibility index (Phi) is 9.47. The molecule has 0 saturated heterocycles. The van der Waals surface area contributed by atoms with Gasteiger partial charge in [-0.05, 0) is 101 Å². The van der Waals surface area contributed by atoms with E-state index in [-0.39, 0.29) is 0 Å². The fourth-order valence-electron chi connectivity index (χ4n) is 3.29. The van der Waals surface area contributed by atoms with Gasteiger partial charge in [-0.25, -0.2) is 10.2 Å². The highest BCUT2D eigenvalue weighted by Gasteiger charge is 2.14. The molecule has 38 heavy (non-hydrogen) atoms. The van der Waals surface area contributed by atoms with E-state index in [1.807, 2.05) is 42.5 Å². The topological polar surface area (TPSA) is 86.2 Å². The molecule has 4 aromatic rings. The molecule has 192 valence electrons. The Bertz CT molecular complexity index is 1390. The van der Waals surface area contributed by atoms with Crippen LogP contribution in [0.1, 0.15) is 28.4 Å². The summed E-state index contributed by atoms with van der Waals surface area (Å²) in [4.78, 5) is 24.7. The molecule has 1 amide bonds. The first-order valence-electron chi connectivity index (χ1n) is 11.8. The van der Waals surface area contributed by atoms with Crippen LogP contribution in [0.3, 0.4) is 0 Å². The van der Waals surface area contributed by atoms with Crippen LogP contribution in [-0.4, -0.2) is 24.2 Å². The van der Waals surface area contributed by atoms with E-state index in [4.69, 9.17) is 14.2 Å². The zero-order valence-corrected chi connectivity index (χ0v) is 22.7. The summed E-state index contributed by atoms with van der Waals surface area (Å²) in [6.45, 7) is 2.11. The van der Waals surface area contributed by atoms with Crippen LogP contribution in [0.2, 0.25) is 0 Å². The second-order valence-electron chi connectivity index (χ2n) is 8.18. The molecule has 0 spiro atoms. The second-order valence-corrected chi connectivity index (χ2v) is 9.34. The van der Waals surface area contributed by atoms with Crippen LogP contribution >= 0.6 is 22.6 Å². The van der Waals surface area contributed by atoms with E-state index in [1.165, 1.54) is 6.21 Å². The Morgan fingerprint density at radius 2 is 1.47 bits per heavy atom. The van der Waals surface area contributed by atoms with Crippen molar-refractivity contribution in [2.24, 2.45) is 5.10 Å². The summed E-state index contributed by atoms with van der Waals surface area (Å²) in [6, 6.07) is 31.0. The van der Waals surface area contributed by atoms with Crippen LogP contribution < -0.4 is 19.6 Å². The summed E-state index contributed by atoms with van der Waals surface area (Å²) in [7, 11) is 0. The van der Waals surface area contributed by atoms with Gasteiger partial charge in [0.2, 0.25) is 0 Å². The van der Waals surface area contributed by atoms with Crippen molar-refractivity contribution in [3.8, 4) is 17.2 Å². The first-order valence-corrected chi connectivity index (χ1v) is 12.9. The molecule has 0 radical (unpaired) electrons. The Hall–Kier alpha value is -4.18. The summed E-state index contributed by atoms with van der Waals surface area (Å²) in [5.74, 6) is 0.840. The van der Waals surface area contributed by atoms with Crippen molar-refractivity contribution < 1.29 is 23.8 Å². The van der Waals surface area contributed by atoms with Crippen LogP contribution in [0.5, 0.6) is 17.2 Å². The standard InChI is InChI=1S/C30H25IN2O5/c1-21(37-25-17-15-24(16-18-25)36-20-23-7-3-2-4-8-23)29(34)33-32-19-22-11-13-26(14-12-22)38-30(35)27-9-5-6-10-28(27)31/h2-19,21H,20H2,1H3,(H,33,34). The molecule has 0 aliphatic heterocycles. The van der Waals surface area contributed by atoms with E-state index in [0.717, 1.165) is 14.7 Å². The van der Waals surface area contributed by atoms with E-state index in [2.05, 4.69) is 33.1 Å². The number of esters is 1. The highest BCUT2D eigenvalue weighted by molar-refractivity contribution is 14.1. The minimum Gasteiger partial charge on any atom is -0.489 e. The Balaban J connectivity index is 1.22. The average molecular weight is 620 g/mol. The lowest BCUT2D eigenvalue weighted by molar-refractivity contribution is -0.127. The first-order chi connectivity index (χ1) is 18.5. The van der Waals surface area contributed by atoms with E-state index in [0.29, 0.717) is 29.4 Å². The van der Waals surface area contributed by atoms with Crippen LogP contribution in [0.25, 0.3) is 0 Å². The lowest BCUT2D eigenvalue weighted by Crippen LogP contribution is -2.33. The van der Waals surface area contributed by atoms with Crippen LogP contribution in [0.4, 0.5) is 0 Å². The third-order valence-electron chi connectivity index (χ3n) is 5.33. The number of halogens is 1. The van der Waals surface area contributed by atoms with Crippen LogP contribution in [0, 0.1) is 3.57 Å². The summed E-state index contributed by atoms with van der Waals surface area (Å²) >= 11 is 2.09. The van der Waals surface area contributed by atoms with Gasteiger partial charge in [0.25, 0.3) is 5.91 Å². The monoisotopic (exact) mass is 620 g/mol. The average Bonchev–Trinajstić information content (AvgIpc) is 2.94. The molecule has 8 heteroatoms. The van der Waals surface area contributed by atoms with Gasteiger partial charge in [0.15, 0.2) is 6.10 Å². The van der Waals surface area contributed by atoms with Crippen LogP contribution in [-0.2, 0) is 11.4 Å². The number of hydrogen-bond donors (Lipinski definition) is 1.